The van der Waals surface area contributed by atoms with Crippen LogP contribution in [-0.2, 0) is 0 Å². The van der Waals surface area contributed by atoms with Gasteiger partial charge in [-0.1, -0.05) is 24.3 Å². The maximum atomic E-state index is 11.9. The fourth-order valence-electron chi connectivity index (χ4n) is 2.02. The summed E-state index contributed by atoms with van der Waals surface area (Å²) in [6.45, 7) is 1.18. The summed E-state index contributed by atoms with van der Waals surface area (Å²) in [6, 6.07) is 15.4. The molecule has 0 spiro atoms. The molecule has 4 nitrogen and oxygen atoms in total. The molecule has 110 valence electrons. The second-order valence-corrected chi connectivity index (χ2v) is 4.71. The Morgan fingerprint density at radius 2 is 1.90 bits per heavy atom. The number of carbonyl (C=O) groups is 1. The molecule has 0 heterocycles. The number of amides is 1. The Balaban J connectivity index is 2.09. The summed E-state index contributed by atoms with van der Waals surface area (Å²) in [5, 5.41) is 2.84. The van der Waals surface area contributed by atoms with Crippen molar-refractivity contribution in [3.05, 3.63) is 54.1 Å². The molecule has 0 bridgehead atoms. The molecule has 0 saturated heterocycles. The van der Waals surface area contributed by atoms with E-state index in [4.69, 9.17) is 10.5 Å². The van der Waals surface area contributed by atoms with Gasteiger partial charge in [0.25, 0.3) is 5.91 Å². The van der Waals surface area contributed by atoms with Gasteiger partial charge in [-0.05, 0) is 48.4 Å². The van der Waals surface area contributed by atoms with Crippen LogP contribution in [0.1, 0.15) is 16.8 Å². The number of benzene rings is 2. The highest BCUT2D eigenvalue weighted by molar-refractivity contribution is 5.94. The van der Waals surface area contributed by atoms with Gasteiger partial charge in [-0.15, -0.1) is 0 Å². The zero-order valence-electron chi connectivity index (χ0n) is 12.1. The van der Waals surface area contributed by atoms with Gasteiger partial charge in [-0.3, -0.25) is 4.79 Å². The van der Waals surface area contributed by atoms with E-state index in [9.17, 15) is 4.79 Å². The van der Waals surface area contributed by atoms with Gasteiger partial charge in [0.1, 0.15) is 5.75 Å². The minimum Gasteiger partial charge on any atom is -0.497 e. The molecule has 3 N–H and O–H groups in total. The predicted octanol–water partition coefficient (Wildman–Crippen LogP) is 2.44. The Kier molecular flexibility index (Phi) is 5.35. The van der Waals surface area contributed by atoms with E-state index in [-0.39, 0.29) is 5.91 Å². The maximum Gasteiger partial charge on any atom is 0.251 e. The molecule has 2 aromatic carbocycles. The van der Waals surface area contributed by atoms with Crippen molar-refractivity contribution in [1.82, 2.24) is 5.32 Å². The first-order valence-electron chi connectivity index (χ1n) is 6.97. The molecule has 0 unspecified atom stereocenters. The van der Waals surface area contributed by atoms with Crippen LogP contribution >= 0.6 is 0 Å². The van der Waals surface area contributed by atoms with Gasteiger partial charge in [-0.25, -0.2) is 0 Å². The average molecular weight is 284 g/mol. The molecule has 0 saturated carbocycles. The third kappa shape index (κ3) is 4.07. The summed E-state index contributed by atoms with van der Waals surface area (Å²) in [4.78, 5) is 11.9. The van der Waals surface area contributed by atoms with Crippen LogP contribution in [-0.4, -0.2) is 26.1 Å². The fourth-order valence-corrected chi connectivity index (χ4v) is 2.02. The van der Waals surface area contributed by atoms with E-state index >= 15 is 0 Å². The molecule has 2 aromatic rings. The molecule has 0 aliphatic heterocycles. The van der Waals surface area contributed by atoms with E-state index < -0.39 is 0 Å². The van der Waals surface area contributed by atoms with E-state index in [1.165, 1.54) is 0 Å². The van der Waals surface area contributed by atoms with Gasteiger partial charge in [0, 0.05) is 12.1 Å². The van der Waals surface area contributed by atoms with Gasteiger partial charge >= 0.3 is 0 Å². The Morgan fingerprint density at radius 1 is 1.14 bits per heavy atom. The highest BCUT2D eigenvalue weighted by atomic mass is 16.5. The van der Waals surface area contributed by atoms with E-state index in [1.54, 1.807) is 7.11 Å². The second-order valence-electron chi connectivity index (χ2n) is 4.71. The van der Waals surface area contributed by atoms with E-state index in [0.717, 1.165) is 23.3 Å². The lowest BCUT2D eigenvalue weighted by molar-refractivity contribution is 0.0953. The van der Waals surface area contributed by atoms with Gasteiger partial charge in [0.2, 0.25) is 0 Å². The lowest BCUT2D eigenvalue weighted by Gasteiger charge is -2.07. The van der Waals surface area contributed by atoms with Crippen LogP contribution in [0.15, 0.2) is 48.5 Å². The standard InChI is InChI=1S/C17H20N2O2/c1-21-16-5-2-4-15(12-16)13-6-8-14(9-7-13)17(20)19-11-3-10-18/h2,4-9,12H,3,10-11,18H2,1H3,(H,19,20). The summed E-state index contributed by atoms with van der Waals surface area (Å²) in [5.74, 6) is 0.747. The number of nitrogens with two attached hydrogens (primary N) is 1. The maximum absolute atomic E-state index is 11.9. The number of carbonyl (C=O) groups excluding carboxylic acids is 1. The molecule has 1 amide bonds. The number of hydrogen-bond donors (Lipinski definition) is 2. The molecule has 0 radical (unpaired) electrons. The van der Waals surface area contributed by atoms with Crippen molar-refractivity contribution in [3.8, 4) is 16.9 Å². The quantitative estimate of drug-likeness (QED) is 0.801. The predicted molar refractivity (Wildman–Crippen MR) is 84.4 cm³/mol. The van der Waals surface area contributed by atoms with Crippen LogP contribution in [0.25, 0.3) is 11.1 Å². The molecule has 0 fully saturated rings. The van der Waals surface area contributed by atoms with Gasteiger partial charge in [-0.2, -0.15) is 0 Å². The minimum absolute atomic E-state index is 0.0688. The molecule has 4 heteroatoms. The van der Waals surface area contributed by atoms with E-state index in [1.807, 2.05) is 48.5 Å². The zero-order valence-corrected chi connectivity index (χ0v) is 12.1. The summed E-state index contributed by atoms with van der Waals surface area (Å²) in [5.41, 5.74) is 8.16. The van der Waals surface area contributed by atoms with Crippen molar-refractivity contribution in [2.24, 2.45) is 5.73 Å². The molecule has 0 atom stereocenters. The molecule has 0 aliphatic carbocycles. The van der Waals surface area contributed by atoms with Gasteiger partial charge in [0.05, 0.1) is 7.11 Å². The first-order valence-corrected chi connectivity index (χ1v) is 6.97. The number of hydrogen-bond acceptors (Lipinski definition) is 3. The summed E-state index contributed by atoms with van der Waals surface area (Å²) in [7, 11) is 1.65. The Bertz CT molecular complexity index is 594. The highest BCUT2D eigenvalue weighted by Crippen LogP contribution is 2.23. The molecule has 0 aliphatic rings. The van der Waals surface area contributed by atoms with Crippen molar-refractivity contribution >= 4 is 5.91 Å². The lowest BCUT2D eigenvalue weighted by atomic mass is 10.0. The number of ether oxygens (including phenoxy) is 1. The van der Waals surface area contributed by atoms with Gasteiger partial charge in [0.15, 0.2) is 0 Å². The second kappa shape index (κ2) is 7.45. The van der Waals surface area contributed by atoms with Crippen LogP contribution in [0.3, 0.4) is 0 Å². The normalized spacial score (nSPS) is 10.2. The SMILES string of the molecule is COc1cccc(-c2ccc(C(=O)NCCCN)cc2)c1. The fraction of sp³-hybridized carbons (Fsp3) is 0.235. The molecule has 21 heavy (non-hydrogen) atoms. The van der Waals surface area contributed by atoms with Crippen molar-refractivity contribution in [3.63, 3.8) is 0 Å². The third-order valence-electron chi connectivity index (χ3n) is 3.22. The molecular weight excluding hydrogens is 264 g/mol. The first-order chi connectivity index (χ1) is 10.2. The highest BCUT2D eigenvalue weighted by Gasteiger charge is 2.05. The smallest absolute Gasteiger partial charge is 0.251 e. The lowest BCUT2D eigenvalue weighted by Crippen LogP contribution is -2.25. The summed E-state index contributed by atoms with van der Waals surface area (Å²) < 4.78 is 5.22. The Hall–Kier alpha value is -2.33. The van der Waals surface area contributed by atoms with Crippen molar-refractivity contribution < 1.29 is 9.53 Å². The monoisotopic (exact) mass is 284 g/mol. The zero-order chi connectivity index (χ0) is 15.1. The molecule has 2 rings (SSSR count). The average Bonchev–Trinajstić information content (AvgIpc) is 2.55. The van der Waals surface area contributed by atoms with Crippen molar-refractivity contribution in [1.29, 1.82) is 0 Å². The Morgan fingerprint density at radius 3 is 2.57 bits per heavy atom. The van der Waals surface area contributed by atoms with Crippen molar-refractivity contribution in [2.75, 3.05) is 20.2 Å². The molecule has 0 aromatic heterocycles. The van der Waals surface area contributed by atoms with Gasteiger partial charge < -0.3 is 15.8 Å². The number of rotatable bonds is 6. The minimum atomic E-state index is -0.0688. The summed E-state index contributed by atoms with van der Waals surface area (Å²) in [6.07, 6.45) is 0.785. The van der Waals surface area contributed by atoms with Crippen LogP contribution in [0, 0.1) is 0 Å². The Labute approximate surface area is 124 Å². The van der Waals surface area contributed by atoms with Crippen LogP contribution in [0.2, 0.25) is 0 Å². The number of methoxy groups -OCH3 is 1. The summed E-state index contributed by atoms with van der Waals surface area (Å²) >= 11 is 0. The largest absolute Gasteiger partial charge is 0.497 e. The van der Waals surface area contributed by atoms with E-state index in [2.05, 4.69) is 5.32 Å². The third-order valence-corrected chi connectivity index (χ3v) is 3.22. The topological polar surface area (TPSA) is 64.3 Å². The number of nitrogens with one attached hydrogen (secondary N) is 1. The first kappa shape index (κ1) is 15.1. The van der Waals surface area contributed by atoms with Crippen molar-refractivity contribution in [2.45, 2.75) is 6.42 Å². The van der Waals surface area contributed by atoms with Crippen LogP contribution in [0.5, 0.6) is 5.75 Å². The van der Waals surface area contributed by atoms with E-state index in [0.29, 0.717) is 18.7 Å². The van der Waals surface area contributed by atoms with Crippen LogP contribution < -0.4 is 15.8 Å². The van der Waals surface area contributed by atoms with Crippen LogP contribution in [0.4, 0.5) is 0 Å². The molecular formula is C17H20N2O2.